The second-order valence-corrected chi connectivity index (χ2v) is 4.84. The van der Waals surface area contributed by atoms with Crippen LogP contribution in [0, 0.1) is 0 Å². The minimum Gasteiger partial charge on any atom is -0.382 e. The van der Waals surface area contributed by atoms with E-state index in [1.54, 1.807) is 12.4 Å². The van der Waals surface area contributed by atoms with E-state index in [0.29, 0.717) is 11.9 Å². The molecule has 1 aromatic heterocycles. The lowest BCUT2D eigenvalue weighted by Gasteiger charge is -2.32. The molecule has 1 atom stereocenters. The van der Waals surface area contributed by atoms with E-state index >= 15 is 0 Å². The van der Waals surface area contributed by atoms with Crippen molar-refractivity contribution in [1.29, 1.82) is 0 Å². The van der Waals surface area contributed by atoms with Crippen molar-refractivity contribution in [3.8, 4) is 0 Å². The third-order valence-corrected chi connectivity index (χ3v) is 3.71. The summed E-state index contributed by atoms with van der Waals surface area (Å²) in [6.45, 7) is 5.88. The summed E-state index contributed by atoms with van der Waals surface area (Å²) in [7, 11) is 0. The van der Waals surface area contributed by atoms with Crippen molar-refractivity contribution >= 4 is 11.6 Å². The van der Waals surface area contributed by atoms with E-state index in [9.17, 15) is 0 Å². The monoisotopic (exact) mass is 249 g/mol. The molecule has 2 aliphatic rings. The van der Waals surface area contributed by atoms with E-state index in [-0.39, 0.29) is 0 Å². The number of nitrogens with two attached hydrogens (primary N) is 1. The van der Waals surface area contributed by atoms with Gasteiger partial charge in [-0.2, -0.15) is 0 Å². The summed E-state index contributed by atoms with van der Waals surface area (Å²) in [6.07, 6.45) is 4.57. The standard InChI is InChI=1S/C12H19N5O/c13-11-7-15-12(8-14-11)17-2-1-10(9-17)16-3-5-18-6-4-16/h7-8,10H,1-6,9H2,(H2,13,14). The SMILES string of the molecule is Nc1cnc(N2CCC(N3CCOCC3)C2)cn1. The van der Waals surface area contributed by atoms with Gasteiger partial charge in [0, 0.05) is 32.2 Å². The molecule has 0 bridgehead atoms. The number of nitrogens with zero attached hydrogens (tertiary/aromatic N) is 4. The van der Waals surface area contributed by atoms with Gasteiger partial charge in [-0.25, -0.2) is 9.97 Å². The molecule has 2 aliphatic heterocycles. The Balaban J connectivity index is 1.62. The van der Waals surface area contributed by atoms with Crippen LogP contribution in [0.1, 0.15) is 6.42 Å². The molecule has 0 spiro atoms. The van der Waals surface area contributed by atoms with Gasteiger partial charge in [-0.05, 0) is 6.42 Å². The molecule has 0 saturated carbocycles. The van der Waals surface area contributed by atoms with E-state index in [1.165, 1.54) is 6.42 Å². The Hall–Kier alpha value is -1.40. The Labute approximate surface area is 107 Å². The van der Waals surface area contributed by atoms with E-state index in [2.05, 4.69) is 19.8 Å². The van der Waals surface area contributed by atoms with Crippen LogP contribution in [0.25, 0.3) is 0 Å². The third kappa shape index (κ3) is 2.39. The lowest BCUT2D eigenvalue weighted by atomic mass is 10.2. The maximum Gasteiger partial charge on any atom is 0.147 e. The molecule has 1 unspecified atom stereocenters. The van der Waals surface area contributed by atoms with Crippen LogP contribution >= 0.6 is 0 Å². The number of rotatable bonds is 2. The highest BCUT2D eigenvalue weighted by molar-refractivity contribution is 5.40. The fourth-order valence-electron chi connectivity index (χ4n) is 2.69. The molecule has 0 amide bonds. The fourth-order valence-corrected chi connectivity index (χ4v) is 2.69. The molecule has 98 valence electrons. The quantitative estimate of drug-likeness (QED) is 0.794. The van der Waals surface area contributed by atoms with Gasteiger partial charge in [0.25, 0.3) is 0 Å². The molecule has 1 aromatic rings. The summed E-state index contributed by atoms with van der Waals surface area (Å²) in [5.41, 5.74) is 5.56. The minimum absolute atomic E-state index is 0.475. The molecule has 2 N–H and O–H groups in total. The zero-order valence-corrected chi connectivity index (χ0v) is 10.5. The molecule has 18 heavy (non-hydrogen) atoms. The van der Waals surface area contributed by atoms with Crippen molar-refractivity contribution in [3.63, 3.8) is 0 Å². The van der Waals surface area contributed by atoms with Gasteiger partial charge in [0.2, 0.25) is 0 Å². The average Bonchev–Trinajstić information content (AvgIpc) is 2.90. The Morgan fingerprint density at radius 2 is 2.00 bits per heavy atom. The molecule has 6 heteroatoms. The molecule has 3 heterocycles. The van der Waals surface area contributed by atoms with Crippen molar-refractivity contribution in [2.45, 2.75) is 12.5 Å². The Morgan fingerprint density at radius 3 is 2.72 bits per heavy atom. The number of nitrogen functional groups attached to an aromatic ring is 1. The van der Waals surface area contributed by atoms with Crippen LogP contribution in [0.5, 0.6) is 0 Å². The van der Waals surface area contributed by atoms with Gasteiger partial charge >= 0.3 is 0 Å². The first-order chi connectivity index (χ1) is 8.83. The lowest BCUT2D eigenvalue weighted by molar-refractivity contribution is 0.0209. The maximum atomic E-state index is 5.56. The highest BCUT2D eigenvalue weighted by Crippen LogP contribution is 2.21. The van der Waals surface area contributed by atoms with Crippen LogP contribution in [0.4, 0.5) is 11.6 Å². The summed E-state index contributed by atoms with van der Waals surface area (Å²) in [6, 6.07) is 0.619. The molecule has 6 nitrogen and oxygen atoms in total. The molecule has 2 fully saturated rings. The summed E-state index contributed by atoms with van der Waals surface area (Å²) in [5.74, 6) is 1.41. The molecule has 0 radical (unpaired) electrons. The van der Waals surface area contributed by atoms with Crippen LogP contribution in [-0.2, 0) is 4.74 Å². The first-order valence-electron chi connectivity index (χ1n) is 6.47. The zero-order chi connectivity index (χ0) is 12.4. The molecular weight excluding hydrogens is 230 g/mol. The molecule has 2 saturated heterocycles. The van der Waals surface area contributed by atoms with Gasteiger partial charge in [0.05, 0.1) is 25.6 Å². The molecular formula is C12H19N5O. The van der Waals surface area contributed by atoms with Gasteiger partial charge < -0.3 is 15.4 Å². The Kier molecular flexibility index (Phi) is 3.29. The van der Waals surface area contributed by atoms with Crippen molar-refractivity contribution in [2.75, 3.05) is 50.0 Å². The highest BCUT2D eigenvalue weighted by atomic mass is 16.5. The van der Waals surface area contributed by atoms with E-state index in [0.717, 1.165) is 45.2 Å². The second-order valence-electron chi connectivity index (χ2n) is 4.84. The predicted octanol–water partition coefficient (Wildman–Crippen LogP) is -0.0303. The normalized spacial score (nSPS) is 25.6. The topological polar surface area (TPSA) is 67.5 Å². The average molecular weight is 249 g/mol. The number of aromatic nitrogens is 2. The van der Waals surface area contributed by atoms with Crippen molar-refractivity contribution in [2.24, 2.45) is 0 Å². The molecule has 3 rings (SSSR count). The highest BCUT2D eigenvalue weighted by Gasteiger charge is 2.29. The maximum absolute atomic E-state index is 5.56. The summed E-state index contributed by atoms with van der Waals surface area (Å²) < 4.78 is 5.39. The van der Waals surface area contributed by atoms with Crippen LogP contribution in [0.15, 0.2) is 12.4 Å². The van der Waals surface area contributed by atoms with Crippen molar-refractivity contribution in [3.05, 3.63) is 12.4 Å². The second kappa shape index (κ2) is 5.07. The first kappa shape index (κ1) is 11.7. The molecule has 0 aromatic carbocycles. The lowest BCUT2D eigenvalue weighted by Crippen LogP contribution is -2.44. The molecule has 0 aliphatic carbocycles. The smallest absolute Gasteiger partial charge is 0.147 e. The number of ether oxygens (including phenoxy) is 1. The first-order valence-corrected chi connectivity index (χ1v) is 6.47. The summed E-state index contributed by atoms with van der Waals surface area (Å²) in [5, 5.41) is 0. The zero-order valence-electron chi connectivity index (χ0n) is 10.5. The van der Waals surface area contributed by atoms with Gasteiger partial charge in [0.1, 0.15) is 11.6 Å². The van der Waals surface area contributed by atoms with E-state index in [1.807, 2.05) is 0 Å². The van der Waals surface area contributed by atoms with Crippen molar-refractivity contribution in [1.82, 2.24) is 14.9 Å². The van der Waals surface area contributed by atoms with E-state index in [4.69, 9.17) is 10.5 Å². The number of anilines is 2. The number of hydrogen-bond donors (Lipinski definition) is 1. The van der Waals surface area contributed by atoms with E-state index < -0.39 is 0 Å². The van der Waals surface area contributed by atoms with Crippen molar-refractivity contribution < 1.29 is 4.74 Å². The van der Waals surface area contributed by atoms with Crippen LogP contribution in [0.3, 0.4) is 0 Å². The predicted molar refractivity (Wildman–Crippen MR) is 69.5 cm³/mol. The summed E-state index contributed by atoms with van der Waals surface area (Å²) >= 11 is 0. The largest absolute Gasteiger partial charge is 0.382 e. The van der Waals surface area contributed by atoms with Gasteiger partial charge in [0.15, 0.2) is 0 Å². The minimum atomic E-state index is 0.475. The Morgan fingerprint density at radius 1 is 1.17 bits per heavy atom. The third-order valence-electron chi connectivity index (χ3n) is 3.71. The number of morpholine rings is 1. The Bertz CT molecular complexity index is 390. The van der Waals surface area contributed by atoms with Crippen LogP contribution in [-0.4, -0.2) is 60.3 Å². The van der Waals surface area contributed by atoms with Gasteiger partial charge in [-0.3, -0.25) is 4.90 Å². The number of hydrogen-bond acceptors (Lipinski definition) is 6. The summed E-state index contributed by atoms with van der Waals surface area (Å²) in [4.78, 5) is 13.2. The van der Waals surface area contributed by atoms with Gasteiger partial charge in [-0.15, -0.1) is 0 Å². The fraction of sp³-hybridized carbons (Fsp3) is 0.667. The van der Waals surface area contributed by atoms with Crippen LogP contribution < -0.4 is 10.6 Å². The van der Waals surface area contributed by atoms with Gasteiger partial charge in [-0.1, -0.05) is 0 Å². The van der Waals surface area contributed by atoms with Crippen LogP contribution in [0.2, 0.25) is 0 Å².